The summed E-state index contributed by atoms with van der Waals surface area (Å²) in [5, 5.41) is 12.2. The van der Waals surface area contributed by atoms with Crippen LogP contribution in [0.2, 0.25) is 5.02 Å². The highest BCUT2D eigenvalue weighted by Gasteiger charge is 2.26. The van der Waals surface area contributed by atoms with Crippen LogP contribution in [0, 0.1) is 6.92 Å². The second-order valence-electron chi connectivity index (χ2n) is 7.18. The number of methoxy groups -OCH3 is 1. The Labute approximate surface area is 188 Å². The molecule has 2 heterocycles. The van der Waals surface area contributed by atoms with Gasteiger partial charge < -0.3 is 14.6 Å². The lowest BCUT2D eigenvalue weighted by Crippen LogP contribution is -2.35. The van der Waals surface area contributed by atoms with Crippen molar-refractivity contribution in [2.24, 2.45) is 0 Å². The Bertz CT molecular complexity index is 1340. The number of hydrogen-bond acceptors (Lipinski definition) is 6. The fourth-order valence-electron chi connectivity index (χ4n) is 3.52. The maximum atomic E-state index is 13.2. The monoisotopic (exact) mass is 452 g/mol. The van der Waals surface area contributed by atoms with E-state index in [0.29, 0.717) is 39.7 Å². The fourth-order valence-corrected chi connectivity index (χ4v) is 3.70. The van der Waals surface area contributed by atoms with Crippen LogP contribution < -0.4 is 15.6 Å². The smallest absolute Gasteiger partial charge is 0.297 e. The molecule has 1 amide bonds. The van der Waals surface area contributed by atoms with Crippen LogP contribution in [0.15, 0.2) is 57.8 Å². The van der Waals surface area contributed by atoms with E-state index >= 15 is 0 Å². The summed E-state index contributed by atoms with van der Waals surface area (Å²) < 4.78 is 11.7. The number of aryl methyl sites for hydroxylation is 1. The molecule has 1 atom stereocenters. The molecule has 0 unspecified atom stereocenters. The number of nitrogens with one attached hydrogen (secondary N) is 1. The number of para-hydroxylation sites is 1. The number of anilines is 1. The predicted octanol–water partition coefficient (Wildman–Crippen LogP) is 4.61. The minimum atomic E-state index is -0.878. The van der Waals surface area contributed by atoms with Crippen LogP contribution in [0.25, 0.3) is 22.2 Å². The number of halogens is 1. The van der Waals surface area contributed by atoms with E-state index in [4.69, 9.17) is 20.9 Å². The van der Waals surface area contributed by atoms with Crippen LogP contribution in [0.5, 0.6) is 5.75 Å². The lowest BCUT2D eigenvalue weighted by molar-refractivity contribution is -0.119. The van der Waals surface area contributed by atoms with E-state index in [1.807, 2.05) is 12.1 Å². The number of amides is 1. The molecule has 1 N–H and O–H groups in total. The third-order valence-electron chi connectivity index (χ3n) is 5.20. The number of hydrogen-bond donors (Lipinski definition) is 1. The van der Waals surface area contributed by atoms with Gasteiger partial charge in [0.15, 0.2) is 5.52 Å². The molecule has 0 aliphatic carbocycles. The van der Waals surface area contributed by atoms with Gasteiger partial charge >= 0.3 is 0 Å². The number of fused-ring (bicyclic) bond motifs is 1. The first-order valence-corrected chi connectivity index (χ1v) is 10.4. The third-order valence-corrected chi connectivity index (χ3v) is 5.53. The lowest BCUT2D eigenvalue weighted by atomic mass is 10.1. The molecule has 2 aromatic carbocycles. The number of ether oxygens (including phenoxy) is 1. The van der Waals surface area contributed by atoms with Gasteiger partial charge in [-0.2, -0.15) is 5.10 Å². The maximum absolute atomic E-state index is 13.2. The van der Waals surface area contributed by atoms with Gasteiger partial charge in [-0.25, -0.2) is 4.68 Å². The van der Waals surface area contributed by atoms with Gasteiger partial charge in [0.05, 0.1) is 23.2 Å². The van der Waals surface area contributed by atoms with Gasteiger partial charge in [0.1, 0.15) is 23.2 Å². The molecule has 4 aromatic rings. The van der Waals surface area contributed by atoms with Crippen molar-refractivity contribution in [3.05, 3.63) is 69.7 Å². The van der Waals surface area contributed by atoms with Crippen LogP contribution in [-0.2, 0) is 4.79 Å². The number of rotatable bonds is 6. The largest absolute Gasteiger partial charge is 0.497 e. The Morgan fingerprint density at radius 2 is 1.94 bits per heavy atom. The molecular weight excluding hydrogens is 432 g/mol. The number of aromatic nitrogens is 3. The van der Waals surface area contributed by atoms with Crippen molar-refractivity contribution < 1.29 is 14.1 Å². The quantitative estimate of drug-likeness (QED) is 0.458. The molecule has 8 nitrogen and oxygen atoms in total. The average Bonchev–Trinajstić information content (AvgIpc) is 3.19. The minimum absolute atomic E-state index is 0.118. The molecule has 0 radical (unpaired) electrons. The van der Waals surface area contributed by atoms with E-state index in [9.17, 15) is 9.59 Å². The van der Waals surface area contributed by atoms with Gasteiger partial charge in [-0.15, -0.1) is 0 Å². The Morgan fingerprint density at radius 3 is 2.59 bits per heavy atom. The molecule has 2 aromatic heterocycles. The number of benzene rings is 2. The first kappa shape index (κ1) is 21.6. The molecule has 0 spiro atoms. The summed E-state index contributed by atoms with van der Waals surface area (Å²) in [7, 11) is 1.58. The highest BCUT2D eigenvalue weighted by molar-refractivity contribution is 6.33. The third kappa shape index (κ3) is 3.85. The topological polar surface area (TPSA) is 99.2 Å². The van der Waals surface area contributed by atoms with Crippen LogP contribution in [0.4, 0.5) is 5.69 Å². The number of carbonyl (C=O) groups is 1. The van der Waals surface area contributed by atoms with Gasteiger partial charge in [-0.05, 0) is 49.7 Å². The summed E-state index contributed by atoms with van der Waals surface area (Å²) in [5.74, 6) is 0.748. The lowest BCUT2D eigenvalue weighted by Gasteiger charge is -2.18. The first-order valence-electron chi connectivity index (χ1n) is 10.0. The Kier molecular flexibility index (Phi) is 5.96. The molecular formula is C23H21ClN4O4. The van der Waals surface area contributed by atoms with Crippen molar-refractivity contribution in [3.63, 3.8) is 0 Å². The average molecular weight is 453 g/mol. The van der Waals surface area contributed by atoms with Crippen molar-refractivity contribution in [2.45, 2.75) is 26.3 Å². The summed E-state index contributed by atoms with van der Waals surface area (Å²) in [6.07, 6.45) is 0.327. The van der Waals surface area contributed by atoms with Gasteiger partial charge in [0.2, 0.25) is 5.91 Å². The SMILES string of the molecule is CC[C@H](C(=O)Nc1ccccc1Cl)n1nc(-c2ccc(OC)cc2)c2c(C)onc2c1=O. The van der Waals surface area contributed by atoms with E-state index in [2.05, 4.69) is 15.6 Å². The zero-order chi connectivity index (χ0) is 22.8. The molecule has 32 heavy (non-hydrogen) atoms. The maximum Gasteiger partial charge on any atom is 0.297 e. The Hall–Kier alpha value is -3.65. The standard InChI is InChI=1S/C23H21ClN4O4/c1-4-18(22(29)25-17-8-6-5-7-16(17)24)28-23(30)21-19(13(2)32-27-21)20(26-28)14-9-11-15(31-3)12-10-14/h5-12,18H,4H2,1-3H3,(H,25,29)/t18-/m1/s1. The highest BCUT2D eigenvalue weighted by Crippen LogP contribution is 2.30. The van der Waals surface area contributed by atoms with Gasteiger partial charge in [-0.1, -0.05) is 35.8 Å². The summed E-state index contributed by atoms with van der Waals surface area (Å²) in [5.41, 5.74) is 1.30. The van der Waals surface area contributed by atoms with Gasteiger partial charge in [-0.3, -0.25) is 9.59 Å². The number of carbonyl (C=O) groups excluding carboxylic acids is 1. The molecule has 0 aliphatic rings. The molecule has 0 bridgehead atoms. The van der Waals surface area contributed by atoms with Crippen molar-refractivity contribution >= 4 is 34.1 Å². The van der Waals surface area contributed by atoms with Crippen molar-refractivity contribution in [3.8, 4) is 17.0 Å². The Morgan fingerprint density at radius 1 is 1.22 bits per heavy atom. The second-order valence-corrected chi connectivity index (χ2v) is 7.59. The zero-order valence-electron chi connectivity index (χ0n) is 17.8. The zero-order valence-corrected chi connectivity index (χ0v) is 18.5. The van der Waals surface area contributed by atoms with Crippen LogP contribution in [0.1, 0.15) is 25.1 Å². The van der Waals surface area contributed by atoms with Crippen LogP contribution in [0.3, 0.4) is 0 Å². The van der Waals surface area contributed by atoms with E-state index in [-0.39, 0.29) is 5.52 Å². The highest BCUT2D eigenvalue weighted by atomic mass is 35.5. The van der Waals surface area contributed by atoms with E-state index < -0.39 is 17.5 Å². The Balaban J connectivity index is 1.84. The summed E-state index contributed by atoms with van der Waals surface area (Å²) in [4.78, 5) is 26.3. The molecule has 0 aliphatic heterocycles. The van der Waals surface area contributed by atoms with Crippen LogP contribution in [-0.4, -0.2) is 28.0 Å². The normalized spacial score (nSPS) is 12.0. The summed E-state index contributed by atoms with van der Waals surface area (Å²) >= 11 is 6.17. The molecule has 4 rings (SSSR count). The minimum Gasteiger partial charge on any atom is -0.497 e. The van der Waals surface area contributed by atoms with E-state index in [1.54, 1.807) is 57.4 Å². The van der Waals surface area contributed by atoms with Crippen molar-refractivity contribution in [1.82, 2.24) is 14.9 Å². The fraction of sp³-hybridized carbons (Fsp3) is 0.217. The molecule has 0 saturated carbocycles. The predicted molar refractivity (Wildman–Crippen MR) is 122 cm³/mol. The molecule has 0 fully saturated rings. The van der Waals surface area contributed by atoms with Crippen LogP contribution >= 0.6 is 11.6 Å². The molecule has 164 valence electrons. The number of nitrogens with zero attached hydrogens (tertiary/aromatic N) is 3. The van der Waals surface area contributed by atoms with Crippen molar-refractivity contribution in [1.29, 1.82) is 0 Å². The summed E-state index contributed by atoms with van der Waals surface area (Å²) in [6, 6.07) is 13.3. The van der Waals surface area contributed by atoms with Gasteiger partial charge in [0.25, 0.3) is 5.56 Å². The van der Waals surface area contributed by atoms with Crippen molar-refractivity contribution in [2.75, 3.05) is 12.4 Å². The second kappa shape index (κ2) is 8.84. The molecule has 9 heteroatoms. The van der Waals surface area contributed by atoms with E-state index in [1.165, 1.54) is 0 Å². The molecule has 0 saturated heterocycles. The summed E-state index contributed by atoms with van der Waals surface area (Å²) in [6.45, 7) is 3.52. The van der Waals surface area contributed by atoms with Gasteiger partial charge in [0, 0.05) is 5.56 Å². The first-order chi connectivity index (χ1) is 15.4. The van der Waals surface area contributed by atoms with E-state index in [0.717, 1.165) is 10.2 Å².